The van der Waals surface area contributed by atoms with E-state index in [1.807, 2.05) is 39.0 Å². The van der Waals surface area contributed by atoms with Crippen molar-refractivity contribution in [2.75, 3.05) is 31.9 Å². The maximum Gasteiger partial charge on any atom is 0.338 e. The van der Waals surface area contributed by atoms with Gasteiger partial charge >= 0.3 is 5.97 Å². The standard InChI is InChI=1S/C20H26N4O4S/c1-6-10-28-14-9-8-13(11-15(14)26-4)17-16(18(25)27-5)12(3)21-19-22-20(29-7-2)23-24(17)19/h8-9,11,17H,6-7,10H2,1-5H3,(H,21,22,23). The molecule has 8 nitrogen and oxygen atoms in total. The van der Waals surface area contributed by atoms with Gasteiger partial charge in [0.1, 0.15) is 6.04 Å². The summed E-state index contributed by atoms with van der Waals surface area (Å²) in [5, 5.41) is 8.44. The van der Waals surface area contributed by atoms with Gasteiger partial charge in [0.05, 0.1) is 26.4 Å². The monoisotopic (exact) mass is 418 g/mol. The second-order valence-electron chi connectivity index (χ2n) is 6.41. The first-order valence-electron chi connectivity index (χ1n) is 9.50. The van der Waals surface area contributed by atoms with Crippen molar-refractivity contribution in [3.8, 4) is 11.5 Å². The summed E-state index contributed by atoms with van der Waals surface area (Å²) in [6.07, 6.45) is 0.897. The summed E-state index contributed by atoms with van der Waals surface area (Å²) in [5.41, 5.74) is 1.98. The van der Waals surface area contributed by atoms with Gasteiger partial charge in [-0.15, -0.1) is 5.10 Å². The molecule has 1 atom stereocenters. The third-order valence-corrected chi connectivity index (χ3v) is 5.20. The largest absolute Gasteiger partial charge is 0.493 e. The summed E-state index contributed by atoms with van der Waals surface area (Å²) in [4.78, 5) is 17.2. The summed E-state index contributed by atoms with van der Waals surface area (Å²) < 4.78 is 18.1. The van der Waals surface area contributed by atoms with Crippen LogP contribution in [0.2, 0.25) is 0 Å². The van der Waals surface area contributed by atoms with Gasteiger partial charge in [0.2, 0.25) is 11.1 Å². The van der Waals surface area contributed by atoms with Crippen LogP contribution in [-0.2, 0) is 9.53 Å². The molecule has 2 aromatic rings. The number of nitrogens with one attached hydrogen (secondary N) is 1. The number of benzene rings is 1. The molecule has 0 saturated heterocycles. The Hall–Kier alpha value is -2.68. The highest BCUT2D eigenvalue weighted by Crippen LogP contribution is 2.39. The SMILES string of the molecule is CCCOc1ccc(C2C(C(=O)OC)=C(C)Nc3nc(SCC)nn32)cc1OC. The Morgan fingerprint density at radius 2 is 2.07 bits per heavy atom. The normalized spacial score (nSPS) is 15.6. The lowest BCUT2D eigenvalue weighted by Crippen LogP contribution is -2.29. The van der Waals surface area contributed by atoms with E-state index in [0.717, 1.165) is 17.7 Å². The first-order valence-corrected chi connectivity index (χ1v) is 10.5. The van der Waals surface area contributed by atoms with E-state index in [4.69, 9.17) is 14.2 Å². The molecule has 0 saturated carbocycles. The van der Waals surface area contributed by atoms with Crippen molar-refractivity contribution < 1.29 is 19.0 Å². The van der Waals surface area contributed by atoms with Gasteiger partial charge in [-0.2, -0.15) is 4.98 Å². The molecule has 29 heavy (non-hydrogen) atoms. The van der Waals surface area contributed by atoms with Gasteiger partial charge in [0.25, 0.3) is 0 Å². The van der Waals surface area contributed by atoms with Crippen LogP contribution in [0.25, 0.3) is 0 Å². The van der Waals surface area contributed by atoms with Crippen LogP contribution < -0.4 is 14.8 Å². The molecule has 1 aliphatic rings. The highest BCUT2D eigenvalue weighted by molar-refractivity contribution is 7.99. The molecule has 0 fully saturated rings. The zero-order valence-electron chi connectivity index (χ0n) is 17.3. The molecule has 0 bridgehead atoms. The van der Waals surface area contributed by atoms with Gasteiger partial charge in [-0.05, 0) is 36.8 Å². The van der Waals surface area contributed by atoms with Crippen molar-refractivity contribution >= 4 is 23.7 Å². The number of carbonyl (C=O) groups excluding carboxylic acids is 1. The van der Waals surface area contributed by atoms with Crippen molar-refractivity contribution in [3.05, 3.63) is 35.0 Å². The molecule has 1 aromatic carbocycles. The van der Waals surface area contributed by atoms with E-state index in [1.54, 1.807) is 11.8 Å². The Balaban J connectivity index is 2.12. The topological polar surface area (TPSA) is 87.5 Å². The molecule has 0 radical (unpaired) electrons. The molecule has 1 unspecified atom stereocenters. The summed E-state index contributed by atoms with van der Waals surface area (Å²) in [6, 6.07) is 5.15. The lowest BCUT2D eigenvalue weighted by atomic mass is 9.95. The maximum atomic E-state index is 12.6. The fourth-order valence-corrected chi connectivity index (χ4v) is 3.74. The highest BCUT2D eigenvalue weighted by Gasteiger charge is 2.35. The quantitative estimate of drug-likeness (QED) is 0.513. The molecular formula is C20H26N4O4S. The van der Waals surface area contributed by atoms with Crippen LogP contribution >= 0.6 is 11.8 Å². The van der Waals surface area contributed by atoms with Gasteiger partial charge in [0.15, 0.2) is 11.5 Å². The van der Waals surface area contributed by atoms with Crippen molar-refractivity contribution in [2.45, 2.75) is 38.4 Å². The van der Waals surface area contributed by atoms with Crippen LogP contribution in [0.4, 0.5) is 5.95 Å². The second-order valence-corrected chi connectivity index (χ2v) is 7.64. The average molecular weight is 419 g/mol. The third kappa shape index (κ3) is 4.19. The number of anilines is 1. The third-order valence-electron chi connectivity index (χ3n) is 4.48. The summed E-state index contributed by atoms with van der Waals surface area (Å²) in [6.45, 7) is 6.52. The number of aromatic nitrogens is 3. The van der Waals surface area contributed by atoms with E-state index >= 15 is 0 Å². The molecule has 9 heteroatoms. The number of hydrogen-bond acceptors (Lipinski definition) is 8. The van der Waals surface area contributed by atoms with Crippen molar-refractivity contribution in [2.24, 2.45) is 0 Å². The Kier molecular flexibility index (Phi) is 6.68. The number of rotatable bonds is 8. The molecular weight excluding hydrogens is 392 g/mol. The Morgan fingerprint density at radius 3 is 2.72 bits per heavy atom. The van der Waals surface area contributed by atoms with E-state index in [2.05, 4.69) is 15.4 Å². The molecule has 0 aliphatic carbocycles. The summed E-state index contributed by atoms with van der Waals surface area (Å²) >= 11 is 1.54. The van der Waals surface area contributed by atoms with Crippen LogP contribution in [0.3, 0.4) is 0 Å². The van der Waals surface area contributed by atoms with Crippen LogP contribution in [0, 0.1) is 0 Å². The molecule has 156 valence electrons. The number of methoxy groups -OCH3 is 2. The zero-order valence-corrected chi connectivity index (χ0v) is 18.1. The van der Waals surface area contributed by atoms with Gasteiger partial charge in [-0.3, -0.25) is 0 Å². The van der Waals surface area contributed by atoms with Crippen molar-refractivity contribution in [1.29, 1.82) is 0 Å². The highest BCUT2D eigenvalue weighted by atomic mass is 32.2. The first kappa shape index (κ1) is 21.0. The van der Waals surface area contributed by atoms with Crippen molar-refractivity contribution in [3.63, 3.8) is 0 Å². The second kappa shape index (κ2) is 9.21. The van der Waals surface area contributed by atoms with E-state index in [1.165, 1.54) is 18.9 Å². The number of thioether (sulfide) groups is 1. The lowest BCUT2D eigenvalue weighted by molar-refractivity contribution is -0.136. The molecule has 0 spiro atoms. The average Bonchev–Trinajstić information content (AvgIpc) is 3.12. The number of fused-ring (bicyclic) bond motifs is 1. The van der Waals surface area contributed by atoms with Gasteiger partial charge < -0.3 is 19.5 Å². The predicted octanol–water partition coefficient (Wildman–Crippen LogP) is 3.65. The number of allylic oxidation sites excluding steroid dienone is 1. The Bertz CT molecular complexity index is 925. The molecule has 1 aliphatic heterocycles. The Labute approximate surface area is 174 Å². The fraction of sp³-hybridized carbons (Fsp3) is 0.450. The van der Waals surface area contributed by atoms with Gasteiger partial charge in [-0.25, -0.2) is 9.48 Å². The maximum absolute atomic E-state index is 12.6. The van der Waals surface area contributed by atoms with E-state index in [-0.39, 0.29) is 0 Å². The number of esters is 1. The van der Waals surface area contributed by atoms with Crippen LogP contribution in [-0.4, -0.2) is 47.3 Å². The van der Waals surface area contributed by atoms with Crippen molar-refractivity contribution in [1.82, 2.24) is 14.8 Å². The minimum atomic E-state index is -0.494. The lowest BCUT2D eigenvalue weighted by Gasteiger charge is -2.28. The molecule has 1 N–H and O–H groups in total. The van der Waals surface area contributed by atoms with Crippen LogP contribution in [0.5, 0.6) is 11.5 Å². The van der Waals surface area contributed by atoms with E-state index < -0.39 is 12.0 Å². The molecule has 1 aromatic heterocycles. The Morgan fingerprint density at radius 1 is 1.28 bits per heavy atom. The summed E-state index contributed by atoms with van der Waals surface area (Å²) in [7, 11) is 2.97. The number of ether oxygens (including phenoxy) is 3. The minimum absolute atomic E-state index is 0.420. The first-order chi connectivity index (χ1) is 14.0. The van der Waals surface area contributed by atoms with Crippen LogP contribution in [0.15, 0.2) is 34.6 Å². The van der Waals surface area contributed by atoms with Crippen LogP contribution in [0.1, 0.15) is 38.8 Å². The smallest absolute Gasteiger partial charge is 0.338 e. The van der Waals surface area contributed by atoms with E-state index in [9.17, 15) is 4.79 Å². The minimum Gasteiger partial charge on any atom is -0.493 e. The number of hydrogen-bond donors (Lipinski definition) is 1. The number of nitrogens with zero attached hydrogens (tertiary/aromatic N) is 3. The summed E-state index contributed by atoms with van der Waals surface area (Å²) in [5.74, 6) is 2.27. The van der Waals surface area contributed by atoms with Gasteiger partial charge in [0, 0.05) is 5.70 Å². The predicted molar refractivity (Wildman–Crippen MR) is 112 cm³/mol. The number of carbonyl (C=O) groups is 1. The molecule has 0 amide bonds. The fourth-order valence-electron chi connectivity index (χ4n) is 3.19. The van der Waals surface area contributed by atoms with Gasteiger partial charge in [-0.1, -0.05) is 31.7 Å². The zero-order chi connectivity index (χ0) is 21.0. The van der Waals surface area contributed by atoms with E-state index in [0.29, 0.717) is 40.5 Å². The molecule has 2 heterocycles. The molecule has 3 rings (SSSR count).